The molecule has 1 amide bonds. The van der Waals surface area contributed by atoms with Gasteiger partial charge < -0.3 is 23.7 Å². The van der Waals surface area contributed by atoms with Crippen molar-refractivity contribution < 1.29 is 18.7 Å². The fourth-order valence-corrected chi connectivity index (χ4v) is 3.72. The molecule has 25 heavy (non-hydrogen) atoms. The van der Waals surface area contributed by atoms with Crippen molar-refractivity contribution in [1.82, 2.24) is 9.80 Å². The lowest BCUT2D eigenvalue weighted by atomic mass is 10.0. The molecule has 3 heterocycles. The lowest BCUT2D eigenvalue weighted by Gasteiger charge is -2.37. The van der Waals surface area contributed by atoms with Gasteiger partial charge in [0.15, 0.2) is 11.5 Å². The van der Waals surface area contributed by atoms with Crippen molar-refractivity contribution in [3.05, 3.63) is 35.6 Å². The van der Waals surface area contributed by atoms with Crippen molar-refractivity contribution in [2.45, 2.75) is 25.2 Å². The summed E-state index contributed by atoms with van der Waals surface area (Å²) in [7, 11) is 3.99. The first-order valence-corrected chi connectivity index (χ1v) is 8.80. The minimum Gasteiger partial charge on any atom is -0.451 e. The maximum atomic E-state index is 13.1. The number of amides is 1. The summed E-state index contributed by atoms with van der Waals surface area (Å²) in [6, 6.07) is 7.83. The minimum atomic E-state index is -0.475. The second-order valence-corrected chi connectivity index (χ2v) is 7.04. The predicted molar refractivity (Wildman–Crippen MR) is 93.4 cm³/mol. The average Bonchev–Trinajstić information content (AvgIpc) is 3.20. The summed E-state index contributed by atoms with van der Waals surface area (Å²) < 4.78 is 17.5. The van der Waals surface area contributed by atoms with E-state index >= 15 is 0 Å². The number of rotatable bonds is 3. The Bertz CT molecular complexity index is 767. The SMILES string of the molecule is CN(C)Cc1c(C(=O)N2CCC3(CC2)OCCO3)oc2ccccc12. The molecule has 0 bridgehead atoms. The van der Waals surface area contributed by atoms with Crippen LogP contribution in [0.1, 0.15) is 29.0 Å². The van der Waals surface area contributed by atoms with Gasteiger partial charge in [-0.25, -0.2) is 0 Å². The van der Waals surface area contributed by atoms with Crippen LogP contribution in [0.2, 0.25) is 0 Å². The third kappa shape index (κ3) is 3.05. The van der Waals surface area contributed by atoms with Crippen LogP contribution in [-0.2, 0) is 16.0 Å². The van der Waals surface area contributed by atoms with E-state index in [1.54, 1.807) is 0 Å². The zero-order chi connectivity index (χ0) is 17.4. The minimum absolute atomic E-state index is 0.0408. The number of para-hydroxylation sites is 1. The number of fused-ring (bicyclic) bond motifs is 1. The van der Waals surface area contributed by atoms with Gasteiger partial charge in [0.25, 0.3) is 5.91 Å². The van der Waals surface area contributed by atoms with E-state index in [1.807, 2.05) is 43.3 Å². The Labute approximate surface area is 147 Å². The Morgan fingerprint density at radius 1 is 1.16 bits per heavy atom. The van der Waals surface area contributed by atoms with E-state index in [0.717, 1.165) is 16.5 Å². The lowest BCUT2D eigenvalue weighted by Crippen LogP contribution is -2.47. The van der Waals surface area contributed by atoms with Crippen molar-refractivity contribution in [3.63, 3.8) is 0 Å². The standard InChI is InChI=1S/C19H24N2O4/c1-20(2)13-15-14-5-3-4-6-16(14)25-17(15)18(22)21-9-7-19(8-10-21)23-11-12-24-19/h3-6H,7-13H2,1-2H3. The molecule has 1 spiro atoms. The maximum Gasteiger partial charge on any atom is 0.289 e. The van der Waals surface area contributed by atoms with Crippen LogP contribution >= 0.6 is 0 Å². The normalized spacial score (nSPS) is 20.0. The number of nitrogens with zero attached hydrogens (tertiary/aromatic N) is 2. The van der Waals surface area contributed by atoms with Crippen molar-refractivity contribution in [3.8, 4) is 0 Å². The number of piperidine rings is 1. The summed E-state index contributed by atoms with van der Waals surface area (Å²) in [5, 5.41) is 1.01. The lowest BCUT2D eigenvalue weighted by molar-refractivity contribution is -0.181. The van der Waals surface area contributed by atoms with Gasteiger partial charge in [0.2, 0.25) is 0 Å². The number of carbonyl (C=O) groups excluding carboxylic acids is 1. The van der Waals surface area contributed by atoms with Gasteiger partial charge >= 0.3 is 0 Å². The van der Waals surface area contributed by atoms with Crippen LogP contribution in [0.3, 0.4) is 0 Å². The predicted octanol–water partition coefficient (Wildman–Crippen LogP) is 2.47. The third-order valence-corrected chi connectivity index (χ3v) is 4.99. The van der Waals surface area contributed by atoms with Crippen LogP contribution < -0.4 is 0 Å². The largest absolute Gasteiger partial charge is 0.451 e. The van der Waals surface area contributed by atoms with Crippen molar-refractivity contribution in [2.75, 3.05) is 40.4 Å². The molecule has 4 rings (SSSR count). The smallest absolute Gasteiger partial charge is 0.289 e. The van der Waals surface area contributed by atoms with E-state index in [2.05, 4.69) is 4.90 Å². The quantitative estimate of drug-likeness (QED) is 0.856. The molecule has 6 nitrogen and oxygen atoms in total. The molecule has 2 aliphatic rings. The fraction of sp³-hybridized carbons (Fsp3) is 0.526. The van der Waals surface area contributed by atoms with Crippen molar-refractivity contribution >= 4 is 16.9 Å². The van der Waals surface area contributed by atoms with E-state index in [9.17, 15) is 4.79 Å². The molecule has 2 saturated heterocycles. The summed E-state index contributed by atoms with van der Waals surface area (Å²) in [4.78, 5) is 17.0. The monoisotopic (exact) mass is 344 g/mol. The Morgan fingerprint density at radius 3 is 2.52 bits per heavy atom. The molecule has 0 N–H and O–H groups in total. The van der Waals surface area contributed by atoms with Crippen molar-refractivity contribution in [1.29, 1.82) is 0 Å². The molecule has 2 aromatic rings. The van der Waals surface area contributed by atoms with Crippen molar-refractivity contribution in [2.24, 2.45) is 0 Å². The highest BCUT2D eigenvalue weighted by Gasteiger charge is 2.41. The Morgan fingerprint density at radius 2 is 1.84 bits per heavy atom. The summed E-state index contributed by atoms with van der Waals surface area (Å²) in [6.07, 6.45) is 1.42. The molecule has 134 valence electrons. The van der Waals surface area contributed by atoms with Gasteiger partial charge in [0.05, 0.1) is 13.2 Å². The second kappa shape index (κ2) is 6.44. The van der Waals surface area contributed by atoms with E-state index in [4.69, 9.17) is 13.9 Å². The second-order valence-electron chi connectivity index (χ2n) is 7.04. The zero-order valence-corrected chi connectivity index (χ0v) is 14.8. The molecule has 0 radical (unpaired) electrons. The van der Waals surface area contributed by atoms with Gasteiger partial charge in [0.1, 0.15) is 5.58 Å². The molecule has 0 unspecified atom stereocenters. The number of ether oxygens (including phenoxy) is 2. The highest BCUT2D eigenvalue weighted by molar-refractivity contribution is 5.99. The summed E-state index contributed by atoms with van der Waals surface area (Å²) in [5.74, 6) is -0.0584. The third-order valence-electron chi connectivity index (χ3n) is 4.99. The van der Waals surface area contributed by atoms with Crippen LogP contribution in [0.5, 0.6) is 0 Å². The highest BCUT2D eigenvalue weighted by atomic mass is 16.7. The highest BCUT2D eigenvalue weighted by Crippen LogP contribution is 2.33. The van der Waals surface area contributed by atoms with Crippen LogP contribution in [0, 0.1) is 0 Å². The Balaban J connectivity index is 1.59. The molecule has 0 saturated carbocycles. The fourth-order valence-electron chi connectivity index (χ4n) is 3.72. The van der Waals surface area contributed by atoms with Gasteiger partial charge in [-0.15, -0.1) is 0 Å². The topological polar surface area (TPSA) is 55.2 Å². The number of furan rings is 1. The van der Waals surface area contributed by atoms with E-state index in [1.165, 1.54) is 0 Å². The Kier molecular flexibility index (Phi) is 4.27. The van der Waals surface area contributed by atoms with Gasteiger partial charge in [-0.1, -0.05) is 18.2 Å². The van der Waals surface area contributed by atoms with E-state index in [0.29, 0.717) is 51.4 Å². The number of hydrogen-bond acceptors (Lipinski definition) is 5. The maximum absolute atomic E-state index is 13.1. The first kappa shape index (κ1) is 16.6. The summed E-state index contributed by atoms with van der Waals surface area (Å²) in [6.45, 7) is 3.20. The molecular formula is C19H24N2O4. The first-order chi connectivity index (χ1) is 12.1. The summed E-state index contributed by atoms with van der Waals surface area (Å²) in [5.41, 5.74) is 1.72. The summed E-state index contributed by atoms with van der Waals surface area (Å²) >= 11 is 0. The van der Waals surface area contributed by atoms with Gasteiger partial charge in [-0.05, 0) is 20.2 Å². The molecule has 0 atom stereocenters. The van der Waals surface area contributed by atoms with E-state index in [-0.39, 0.29) is 5.91 Å². The molecule has 6 heteroatoms. The number of hydrogen-bond donors (Lipinski definition) is 0. The number of likely N-dealkylation sites (tertiary alicyclic amines) is 1. The van der Waals surface area contributed by atoms with Crippen LogP contribution in [0.15, 0.2) is 28.7 Å². The van der Waals surface area contributed by atoms with Gasteiger partial charge in [-0.3, -0.25) is 4.79 Å². The van der Waals surface area contributed by atoms with Crippen LogP contribution in [-0.4, -0.2) is 61.9 Å². The first-order valence-electron chi connectivity index (χ1n) is 8.80. The average molecular weight is 344 g/mol. The molecule has 0 aliphatic carbocycles. The number of benzene rings is 1. The van der Waals surface area contributed by atoms with Gasteiger partial charge in [0, 0.05) is 43.4 Å². The number of carbonyl (C=O) groups is 1. The molecule has 2 fully saturated rings. The van der Waals surface area contributed by atoms with E-state index < -0.39 is 5.79 Å². The molecule has 1 aromatic carbocycles. The molecular weight excluding hydrogens is 320 g/mol. The zero-order valence-electron chi connectivity index (χ0n) is 14.8. The molecule has 1 aromatic heterocycles. The Hall–Kier alpha value is -1.89. The molecule has 2 aliphatic heterocycles. The van der Waals surface area contributed by atoms with Gasteiger partial charge in [-0.2, -0.15) is 0 Å². The van der Waals surface area contributed by atoms with Crippen LogP contribution in [0.25, 0.3) is 11.0 Å². The van der Waals surface area contributed by atoms with Crippen LogP contribution in [0.4, 0.5) is 0 Å².